The van der Waals surface area contributed by atoms with E-state index < -0.39 is 11.9 Å². The number of amides is 1. The molecule has 2 aromatic heterocycles. The maximum Gasteiger partial charge on any atom is 0.435 e. The normalized spacial score (nSPS) is 11.7. The van der Waals surface area contributed by atoms with Gasteiger partial charge in [-0.1, -0.05) is 0 Å². The smallest absolute Gasteiger partial charge is 0.322 e. The van der Waals surface area contributed by atoms with Crippen LogP contribution in [0.4, 0.5) is 18.9 Å². The molecule has 0 aliphatic carbocycles. The van der Waals surface area contributed by atoms with Crippen molar-refractivity contribution in [2.75, 3.05) is 5.32 Å². The van der Waals surface area contributed by atoms with Gasteiger partial charge in [-0.2, -0.15) is 23.4 Å². The van der Waals surface area contributed by atoms with E-state index in [1.807, 2.05) is 0 Å². The molecule has 0 spiro atoms. The summed E-state index contributed by atoms with van der Waals surface area (Å²) in [7, 11) is 1.76. The Morgan fingerprint density at radius 1 is 1.07 bits per heavy atom. The highest BCUT2D eigenvalue weighted by Gasteiger charge is 2.34. The summed E-state index contributed by atoms with van der Waals surface area (Å²) in [6, 6.07) is 7.41. The summed E-state index contributed by atoms with van der Waals surface area (Å²) in [5, 5.41) is 10.6. The average molecular weight is 377 g/mol. The molecule has 1 amide bonds. The van der Waals surface area contributed by atoms with Gasteiger partial charge >= 0.3 is 6.18 Å². The number of benzene rings is 1. The predicted octanol–water partition coefficient (Wildman–Crippen LogP) is 3.80. The molecule has 9 heteroatoms. The number of hydrogen-bond acceptors (Lipinski definition) is 3. The number of carbonyl (C=O) groups is 1. The Morgan fingerprint density at radius 2 is 1.70 bits per heavy atom. The largest absolute Gasteiger partial charge is 0.435 e. The van der Waals surface area contributed by atoms with Crippen molar-refractivity contribution in [3.8, 4) is 5.69 Å². The molecule has 0 radical (unpaired) electrons. The molecule has 3 aromatic rings. The molecule has 0 saturated heterocycles. The summed E-state index contributed by atoms with van der Waals surface area (Å²) < 4.78 is 41.3. The predicted molar refractivity (Wildman–Crippen MR) is 93.9 cm³/mol. The minimum absolute atomic E-state index is 0.291. The maximum absolute atomic E-state index is 12.8. The van der Waals surface area contributed by atoms with Crippen molar-refractivity contribution in [2.45, 2.75) is 26.9 Å². The first-order valence-electron chi connectivity index (χ1n) is 8.14. The highest BCUT2D eigenvalue weighted by Crippen LogP contribution is 2.29. The fourth-order valence-corrected chi connectivity index (χ4v) is 2.86. The Hall–Kier alpha value is -3.10. The fraction of sp³-hybridized carbons (Fsp3) is 0.278. The Kier molecular flexibility index (Phi) is 4.54. The van der Waals surface area contributed by atoms with Crippen LogP contribution in [0, 0.1) is 20.8 Å². The van der Waals surface area contributed by atoms with Crippen LogP contribution in [0.2, 0.25) is 0 Å². The Balaban J connectivity index is 1.82. The second-order valence-electron chi connectivity index (χ2n) is 6.25. The molecular formula is C18H18F3N5O. The molecule has 0 unspecified atom stereocenters. The second-order valence-corrected chi connectivity index (χ2v) is 6.25. The highest BCUT2D eigenvalue weighted by atomic mass is 19.4. The monoisotopic (exact) mass is 377 g/mol. The van der Waals surface area contributed by atoms with Gasteiger partial charge in [0, 0.05) is 24.1 Å². The van der Waals surface area contributed by atoms with E-state index in [1.165, 1.54) is 4.68 Å². The van der Waals surface area contributed by atoms with Crippen molar-refractivity contribution in [3.63, 3.8) is 0 Å². The van der Waals surface area contributed by atoms with Crippen molar-refractivity contribution < 1.29 is 18.0 Å². The lowest BCUT2D eigenvalue weighted by Gasteiger charge is -2.08. The number of aryl methyl sites for hydroxylation is 3. The molecule has 0 aliphatic heterocycles. The topological polar surface area (TPSA) is 64.7 Å². The van der Waals surface area contributed by atoms with E-state index in [4.69, 9.17) is 0 Å². The van der Waals surface area contributed by atoms with Gasteiger partial charge in [-0.15, -0.1) is 0 Å². The van der Waals surface area contributed by atoms with Gasteiger partial charge in [0.25, 0.3) is 5.91 Å². The standard InChI is InChI=1S/C18H18F3N5O/c1-10-9-15(18(19,20)21)24-26(10)14-7-5-13(6-8-14)22-17(27)16-11(2)23-25(4)12(16)3/h5-9H,1-4H3,(H,22,27). The summed E-state index contributed by atoms with van der Waals surface area (Å²) in [4.78, 5) is 12.5. The number of carbonyl (C=O) groups excluding carboxylic acids is 1. The van der Waals surface area contributed by atoms with E-state index in [9.17, 15) is 18.0 Å². The van der Waals surface area contributed by atoms with E-state index in [1.54, 1.807) is 56.8 Å². The van der Waals surface area contributed by atoms with E-state index in [0.29, 0.717) is 28.3 Å². The molecule has 3 rings (SSSR count). The van der Waals surface area contributed by atoms with Crippen LogP contribution in [0.3, 0.4) is 0 Å². The highest BCUT2D eigenvalue weighted by molar-refractivity contribution is 6.05. The van der Waals surface area contributed by atoms with Crippen molar-refractivity contribution in [3.05, 3.63) is 58.7 Å². The number of nitrogens with zero attached hydrogens (tertiary/aromatic N) is 4. The molecule has 0 bridgehead atoms. The Morgan fingerprint density at radius 3 is 2.19 bits per heavy atom. The van der Waals surface area contributed by atoms with Gasteiger partial charge in [0.2, 0.25) is 0 Å². The van der Waals surface area contributed by atoms with Crippen LogP contribution in [0.1, 0.15) is 33.1 Å². The summed E-state index contributed by atoms with van der Waals surface area (Å²) in [5.74, 6) is -0.291. The first-order valence-corrected chi connectivity index (χ1v) is 8.14. The molecule has 6 nitrogen and oxygen atoms in total. The lowest BCUT2D eigenvalue weighted by Crippen LogP contribution is -2.14. The number of alkyl halides is 3. The summed E-state index contributed by atoms with van der Waals surface area (Å²) >= 11 is 0. The molecule has 27 heavy (non-hydrogen) atoms. The number of halogens is 3. The van der Waals surface area contributed by atoms with Gasteiger partial charge in [0.1, 0.15) is 0 Å². The van der Waals surface area contributed by atoms with Crippen LogP contribution in [0.25, 0.3) is 5.69 Å². The van der Waals surface area contributed by atoms with Gasteiger partial charge in [0.15, 0.2) is 5.69 Å². The molecule has 0 fully saturated rings. The first kappa shape index (κ1) is 18.7. The van der Waals surface area contributed by atoms with Crippen LogP contribution in [-0.2, 0) is 13.2 Å². The Labute approximate surface area is 153 Å². The van der Waals surface area contributed by atoms with Crippen molar-refractivity contribution >= 4 is 11.6 Å². The van der Waals surface area contributed by atoms with Gasteiger partial charge in [-0.05, 0) is 51.1 Å². The van der Waals surface area contributed by atoms with Crippen LogP contribution >= 0.6 is 0 Å². The Bertz CT molecular complexity index is 999. The summed E-state index contributed by atoms with van der Waals surface area (Å²) in [6.45, 7) is 5.10. The maximum atomic E-state index is 12.8. The number of anilines is 1. The third-order valence-corrected chi connectivity index (χ3v) is 4.28. The van der Waals surface area contributed by atoms with E-state index >= 15 is 0 Å². The van der Waals surface area contributed by atoms with Crippen molar-refractivity contribution in [1.82, 2.24) is 19.6 Å². The molecular weight excluding hydrogens is 359 g/mol. The van der Waals surface area contributed by atoms with Crippen LogP contribution < -0.4 is 5.32 Å². The fourth-order valence-electron chi connectivity index (χ4n) is 2.86. The van der Waals surface area contributed by atoms with Gasteiger partial charge in [-0.3, -0.25) is 9.48 Å². The van der Waals surface area contributed by atoms with Crippen molar-refractivity contribution in [1.29, 1.82) is 0 Å². The third-order valence-electron chi connectivity index (χ3n) is 4.28. The number of nitrogens with one attached hydrogen (secondary N) is 1. The molecule has 142 valence electrons. The summed E-state index contributed by atoms with van der Waals surface area (Å²) in [6.07, 6.45) is -4.50. The first-order chi connectivity index (χ1) is 12.6. The quantitative estimate of drug-likeness (QED) is 0.755. The summed E-state index contributed by atoms with van der Waals surface area (Å²) in [5.41, 5.74) is 2.27. The number of hydrogen-bond donors (Lipinski definition) is 1. The second kappa shape index (κ2) is 6.57. The van der Waals surface area contributed by atoms with Gasteiger partial charge in [0.05, 0.1) is 16.9 Å². The van der Waals surface area contributed by atoms with Crippen LogP contribution in [0.5, 0.6) is 0 Å². The van der Waals surface area contributed by atoms with E-state index in [0.717, 1.165) is 11.8 Å². The van der Waals surface area contributed by atoms with Crippen molar-refractivity contribution in [2.24, 2.45) is 7.05 Å². The lowest BCUT2D eigenvalue weighted by atomic mass is 10.1. The zero-order valence-electron chi connectivity index (χ0n) is 15.2. The zero-order valence-corrected chi connectivity index (χ0v) is 15.2. The molecule has 0 aliphatic rings. The minimum Gasteiger partial charge on any atom is -0.322 e. The average Bonchev–Trinajstić information content (AvgIpc) is 3.08. The zero-order chi connectivity index (χ0) is 19.9. The minimum atomic E-state index is -4.50. The molecule has 2 heterocycles. The van der Waals surface area contributed by atoms with Crippen LogP contribution in [0.15, 0.2) is 30.3 Å². The van der Waals surface area contributed by atoms with Crippen LogP contribution in [-0.4, -0.2) is 25.5 Å². The molecule has 0 saturated carbocycles. The molecule has 0 atom stereocenters. The van der Waals surface area contributed by atoms with Gasteiger partial charge in [-0.25, -0.2) is 4.68 Å². The van der Waals surface area contributed by atoms with E-state index in [2.05, 4.69) is 15.5 Å². The van der Waals surface area contributed by atoms with E-state index in [-0.39, 0.29) is 5.91 Å². The SMILES string of the molecule is Cc1nn(C)c(C)c1C(=O)Nc1ccc(-n2nc(C(F)(F)F)cc2C)cc1. The van der Waals surface area contributed by atoms with Gasteiger partial charge < -0.3 is 5.32 Å². The third kappa shape index (κ3) is 3.57. The molecule has 1 N–H and O–H groups in total. The number of rotatable bonds is 3. The lowest BCUT2D eigenvalue weighted by molar-refractivity contribution is -0.141. The molecule has 1 aromatic carbocycles. The number of aromatic nitrogens is 4.